The normalized spacial score (nSPS) is 12.2. The predicted molar refractivity (Wildman–Crippen MR) is 502 cm³/mol. The number of hydrogen-bond acceptors (Lipinski definition) is 15. The Kier molecular flexibility index (Phi) is 18.0. The largest absolute Gasteiger partial charge is 0.425 e. The second-order valence-electron chi connectivity index (χ2n) is 30.6. The van der Waals surface area contributed by atoms with Gasteiger partial charge in [-0.1, -0.05) is 154 Å². The first-order chi connectivity index (χ1) is 60.3. The average molecular weight is 1690 g/mol. The van der Waals surface area contributed by atoms with Gasteiger partial charge in [0.1, 0.15) is 66.6 Å². The Balaban J connectivity index is 0.0000000951. The van der Waals surface area contributed by atoms with E-state index in [9.17, 15) is 0 Å². The number of nitrogens with zero attached hydrogens (tertiary/aromatic N) is 10. The Hall–Kier alpha value is -13.2. The molecule has 15 aromatic heterocycles. The fourth-order valence-corrected chi connectivity index (χ4v) is 25.4. The lowest BCUT2D eigenvalue weighted by atomic mass is 10.0. The fraction of sp³-hybridized carbons (Fsp3) is 0.109. The van der Waals surface area contributed by atoms with Crippen molar-refractivity contribution in [2.45, 2.75) is 41.5 Å². The molecule has 15 heterocycles. The topological polar surface area (TPSA) is 136 Å². The van der Waals surface area contributed by atoms with Crippen LogP contribution in [0, 0.1) is 41.5 Å². The predicted octanol–water partition coefficient (Wildman–Crippen LogP) is 25.8. The summed E-state index contributed by atoms with van der Waals surface area (Å²) in [5, 5.41) is 15.8. The smallest absolute Gasteiger partial charge is 0.299 e. The molecule has 0 unspecified atom stereocenters. The van der Waals surface area contributed by atoms with Crippen LogP contribution in [-0.2, 0) is 35.2 Å². The quantitative estimate of drug-likeness (QED) is 0.154. The number of thiophene rings is 6. The molecule has 0 aliphatic heterocycles. The molecule has 0 amide bonds. The van der Waals surface area contributed by atoms with E-state index in [2.05, 4.69) is 231 Å². The van der Waals surface area contributed by atoms with E-state index in [1.54, 1.807) is 23.2 Å². The van der Waals surface area contributed by atoms with Crippen LogP contribution in [0.4, 0.5) is 0 Å². The molecule has 586 valence electrons. The van der Waals surface area contributed by atoms with E-state index in [-0.39, 0.29) is 5.69 Å². The highest BCUT2D eigenvalue weighted by molar-refractivity contribution is 7.45. The van der Waals surface area contributed by atoms with Crippen molar-refractivity contribution in [1.82, 2.24) is 24.9 Å². The highest BCUT2D eigenvalue weighted by Gasteiger charge is 2.28. The SMILES string of the molecule is Cc1cc2c(cc1-c1ccnc[n+]1C)sc1c3ccccc3sc21.Cc1ccc2c(oc3oc4ccccc4c32)c1-c1cncc[n+]1C.Cc1ccc2c(sc3c4ccccc4sc23)c1-c1ccnc[n+]1C.Cc1ccc2c(sc3sc4ccccc4c32)c1-c1ccnc[n+]1C.[2H]C([2H])([2H])c1c[n+](C)c(-c2c(C)ccc3c2oc2oc4ccccc4c23)cn1. The number of aromatic nitrogens is 10. The van der Waals surface area contributed by atoms with E-state index in [0.29, 0.717) is 17.1 Å². The first-order valence-corrected chi connectivity index (χ1v) is 44.4. The standard InChI is InChI=1S/C21H17N2O2.C20H15N2O2.3C20H15N2S2/c1-12-8-9-15-19-14-6-4-5-7-17(14)24-21(19)25-20(15)18(12)16-10-22-13(2)11-23(16)3;1-12-7-8-14-18-13-5-3-4-6-16(13)23-20(18)24-19(14)17(12)15-11-21-9-10-22(15)2;1-12-9-15-18(10-14(12)16-7-8-21-11-22(16)2)24-19-13-5-3-4-6-17(13)23-20(15)19;1-12-7-8-14-18(17(12)15-9-10-21-11-22(15)2)24-19-13-5-3-4-6-16(13)23-20(14)19;1-12-7-8-14-18-13-5-3-4-6-16(13)23-20(18)24-19(14)17(12)15-9-10-21-11-22(15)2/h4-11H,1-3H3;4*3-11H,1-2H3/q5*+1/i2D3;;;;. The van der Waals surface area contributed by atoms with Crippen molar-refractivity contribution in [2.75, 3.05) is 0 Å². The summed E-state index contributed by atoms with van der Waals surface area (Å²) < 4.78 is 72.3. The maximum Gasteiger partial charge on any atom is 0.299 e. The van der Waals surface area contributed by atoms with Crippen LogP contribution in [0.2, 0.25) is 0 Å². The molecule has 0 saturated carbocycles. The zero-order chi connectivity index (χ0) is 84.7. The molecule has 0 bridgehead atoms. The van der Waals surface area contributed by atoms with Crippen LogP contribution >= 0.6 is 68.0 Å². The van der Waals surface area contributed by atoms with Gasteiger partial charge in [-0.2, -0.15) is 9.13 Å². The molecule has 0 spiro atoms. The second-order valence-corrected chi connectivity index (χ2v) is 37.1. The maximum absolute atomic E-state index is 7.57. The van der Waals surface area contributed by atoms with E-state index in [1.807, 2.05) is 201 Å². The van der Waals surface area contributed by atoms with E-state index in [0.717, 1.165) is 82.7 Å². The molecule has 0 N–H and O–H groups in total. The van der Waals surface area contributed by atoms with Crippen molar-refractivity contribution in [1.29, 1.82) is 0 Å². The lowest BCUT2D eigenvalue weighted by Gasteiger charge is -2.07. The molecule has 25 aromatic rings. The van der Waals surface area contributed by atoms with Gasteiger partial charge in [0.25, 0.3) is 30.5 Å². The number of fused-ring (bicyclic) bond motifs is 25. The summed E-state index contributed by atoms with van der Waals surface area (Å²) in [4.78, 5) is 21.1. The van der Waals surface area contributed by atoms with E-state index < -0.39 is 6.85 Å². The van der Waals surface area contributed by atoms with Gasteiger partial charge in [0.15, 0.2) is 23.6 Å². The van der Waals surface area contributed by atoms with Crippen molar-refractivity contribution in [3.05, 3.63) is 302 Å². The molecule has 20 heteroatoms. The number of hydrogen-bond donors (Lipinski definition) is 0. The van der Waals surface area contributed by atoms with Gasteiger partial charge in [0.05, 0.1) is 84.4 Å². The average Bonchev–Trinajstić information content (AvgIpc) is 1.60. The van der Waals surface area contributed by atoms with Crippen molar-refractivity contribution in [3.63, 3.8) is 0 Å². The Labute approximate surface area is 722 Å². The minimum Gasteiger partial charge on any atom is -0.425 e. The zero-order valence-corrected chi connectivity index (χ0v) is 72.4. The van der Waals surface area contributed by atoms with Gasteiger partial charge in [0, 0.05) is 126 Å². The Morgan fingerprint density at radius 1 is 0.314 bits per heavy atom. The van der Waals surface area contributed by atoms with E-state index in [4.69, 9.17) is 21.8 Å². The molecule has 25 rings (SSSR count). The lowest BCUT2D eigenvalue weighted by Crippen LogP contribution is -2.31. The molecular weight excluding hydrogens is 1610 g/mol. The van der Waals surface area contributed by atoms with Gasteiger partial charge in [-0.3, -0.25) is 4.98 Å². The minimum absolute atomic E-state index is 0.0581. The Morgan fingerprint density at radius 3 is 1.31 bits per heavy atom. The van der Waals surface area contributed by atoms with Gasteiger partial charge in [0.2, 0.25) is 11.4 Å². The fourth-order valence-electron chi connectivity index (χ4n) is 17.1. The Morgan fingerprint density at radius 2 is 0.769 bits per heavy atom. The number of aryl methyl sites for hydroxylation is 11. The summed E-state index contributed by atoms with van der Waals surface area (Å²) in [6.45, 7) is 8.42. The highest BCUT2D eigenvalue weighted by atomic mass is 32.2. The number of rotatable bonds is 5. The maximum atomic E-state index is 7.57. The number of para-hydroxylation sites is 2. The summed E-state index contributed by atoms with van der Waals surface area (Å²) in [5.74, 6) is 1.06. The van der Waals surface area contributed by atoms with Crippen molar-refractivity contribution in [2.24, 2.45) is 35.2 Å². The molecule has 14 nitrogen and oxygen atoms in total. The molecule has 0 radical (unpaired) electrons. The Bertz CT molecular complexity index is 8350. The minimum atomic E-state index is -2.25. The van der Waals surface area contributed by atoms with Crippen LogP contribution in [0.5, 0.6) is 0 Å². The first kappa shape index (κ1) is 71.9. The molecule has 10 aromatic carbocycles. The van der Waals surface area contributed by atoms with Crippen molar-refractivity contribution in [3.8, 4) is 56.3 Å². The molecule has 121 heavy (non-hydrogen) atoms. The van der Waals surface area contributed by atoms with Gasteiger partial charge in [-0.25, -0.2) is 18.7 Å². The highest BCUT2D eigenvalue weighted by Crippen LogP contribution is 2.51. The molecule has 0 fully saturated rings. The van der Waals surface area contributed by atoms with Gasteiger partial charge in [-0.05, 0) is 112 Å². The third-order valence-corrected chi connectivity index (χ3v) is 30.6. The third-order valence-electron chi connectivity index (χ3n) is 23.0. The molecule has 0 saturated heterocycles. The van der Waals surface area contributed by atoms with Crippen LogP contribution in [0.15, 0.2) is 286 Å². The van der Waals surface area contributed by atoms with Crippen LogP contribution in [0.1, 0.15) is 37.6 Å². The molecule has 0 aliphatic rings. The third kappa shape index (κ3) is 12.8. The molecular formula is C101H77N10O4S6+5. The van der Waals surface area contributed by atoms with Crippen LogP contribution in [0.3, 0.4) is 0 Å². The van der Waals surface area contributed by atoms with Gasteiger partial charge in [-0.15, -0.1) is 68.0 Å². The van der Waals surface area contributed by atoms with Crippen LogP contribution < -0.4 is 22.8 Å². The second kappa shape index (κ2) is 30.3. The number of furan rings is 4. The van der Waals surface area contributed by atoms with E-state index in [1.165, 1.54) is 139 Å². The lowest BCUT2D eigenvalue weighted by molar-refractivity contribution is -0.663. The van der Waals surface area contributed by atoms with E-state index >= 15 is 0 Å². The summed E-state index contributed by atoms with van der Waals surface area (Å²) >= 11 is 11.5. The van der Waals surface area contributed by atoms with Crippen molar-refractivity contribution >= 4 is 223 Å². The van der Waals surface area contributed by atoms with Gasteiger partial charge >= 0.3 is 0 Å². The summed E-state index contributed by atoms with van der Waals surface area (Å²) in [7, 11) is 10.00. The molecule has 0 atom stereocenters. The first-order valence-electron chi connectivity index (χ1n) is 41.0. The van der Waals surface area contributed by atoms with Crippen LogP contribution in [-0.4, -0.2) is 24.9 Å². The monoisotopic (exact) mass is 1690 g/mol. The summed E-state index contributed by atoms with van der Waals surface area (Å²) in [6, 6.07) is 70.3. The summed E-state index contributed by atoms with van der Waals surface area (Å²) in [6.07, 6.45) is 19.9. The van der Waals surface area contributed by atoms with Gasteiger partial charge < -0.3 is 17.7 Å². The van der Waals surface area contributed by atoms with Crippen LogP contribution in [0.25, 0.3) is 211 Å². The summed E-state index contributed by atoms with van der Waals surface area (Å²) in [5.41, 5.74) is 20.6. The molecule has 0 aliphatic carbocycles. The zero-order valence-electron chi connectivity index (χ0n) is 70.5. The number of benzene rings is 10. The van der Waals surface area contributed by atoms with Crippen molar-refractivity contribution < 1.29 is 44.6 Å².